The molecule has 0 amide bonds. The van der Waals surface area contributed by atoms with Crippen LogP contribution in [0.3, 0.4) is 0 Å². The van der Waals surface area contributed by atoms with E-state index in [-0.39, 0.29) is 5.28 Å². The summed E-state index contributed by atoms with van der Waals surface area (Å²) in [6.07, 6.45) is 6.58. The Bertz CT molecular complexity index is 575. The van der Waals surface area contributed by atoms with Gasteiger partial charge in [0.2, 0.25) is 11.2 Å². The number of imidazole rings is 1. The summed E-state index contributed by atoms with van der Waals surface area (Å²) in [6, 6.07) is 0. The van der Waals surface area contributed by atoms with E-state index >= 15 is 0 Å². The number of anilines is 1. The average molecular weight is 279 g/mol. The van der Waals surface area contributed by atoms with Crippen molar-refractivity contribution in [1.29, 1.82) is 0 Å². The average Bonchev–Trinajstić information content (AvgIpc) is 3.01. The molecular weight excluding hydrogens is 264 g/mol. The van der Waals surface area contributed by atoms with Crippen molar-refractivity contribution in [3.63, 3.8) is 0 Å². The second kappa shape index (κ2) is 5.13. The summed E-state index contributed by atoms with van der Waals surface area (Å²) in [5.41, 5.74) is 0. The van der Waals surface area contributed by atoms with Crippen LogP contribution in [0.15, 0.2) is 12.4 Å². The molecule has 0 bridgehead atoms. The Morgan fingerprint density at radius 1 is 1.21 bits per heavy atom. The monoisotopic (exact) mass is 278 g/mol. The molecule has 1 aliphatic rings. The lowest BCUT2D eigenvalue weighted by Gasteiger charge is -2.15. The van der Waals surface area contributed by atoms with Gasteiger partial charge in [0.15, 0.2) is 0 Å². The van der Waals surface area contributed by atoms with Crippen LogP contribution in [0.1, 0.15) is 24.5 Å². The Balaban J connectivity index is 1.87. The van der Waals surface area contributed by atoms with E-state index in [1.165, 1.54) is 12.8 Å². The number of rotatable bonds is 3. The van der Waals surface area contributed by atoms with Crippen LogP contribution < -0.4 is 4.90 Å². The van der Waals surface area contributed by atoms with E-state index in [0.29, 0.717) is 18.2 Å². The van der Waals surface area contributed by atoms with Gasteiger partial charge in [-0.3, -0.25) is 0 Å². The molecular formula is C12H15ClN6. The minimum Gasteiger partial charge on any atom is -0.341 e. The quantitative estimate of drug-likeness (QED) is 0.850. The van der Waals surface area contributed by atoms with Gasteiger partial charge in [-0.05, 0) is 24.4 Å². The molecule has 6 nitrogen and oxygen atoms in total. The highest BCUT2D eigenvalue weighted by Gasteiger charge is 2.17. The normalized spacial score (nSPS) is 15.2. The van der Waals surface area contributed by atoms with Gasteiger partial charge in [0.1, 0.15) is 11.6 Å². The Kier molecular flexibility index (Phi) is 3.33. The molecule has 7 heteroatoms. The van der Waals surface area contributed by atoms with Crippen LogP contribution in [-0.2, 0) is 13.5 Å². The Hall–Kier alpha value is -1.69. The summed E-state index contributed by atoms with van der Waals surface area (Å²) in [5, 5.41) is 0.251. The van der Waals surface area contributed by atoms with Gasteiger partial charge in [0.25, 0.3) is 0 Å². The number of hydrogen-bond acceptors (Lipinski definition) is 5. The zero-order valence-electron chi connectivity index (χ0n) is 10.8. The first kappa shape index (κ1) is 12.3. The van der Waals surface area contributed by atoms with Crippen molar-refractivity contribution in [3.05, 3.63) is 29.3 Å². The van der Waals surface area contributed by atoms with Crippen LogP contribution in [0.4, 0.5) is 5.95 Å². The molecule has 0 unspecified atom stereocenters. The van der Waals surface area contributed by atoms with Gasteiger partial charge in [-0.1, -0.05) is 0 Å². The fourth-order valence-corrected chi connectivity index (χ4v) is 2.40. The maximum absolute atomic E-state index is 5.99. The summed E-state index contributed by atoms with van der Waals surface area (Å²) in [7, 11) is 1.95. The van der Waals surface area contributed by atoms with Gasteiger partial charge in [0.05, 0.1) is 6.42 Å². The highest BCUT2D eigenvalue weighted by molar-refractivity contribution is 6.28. The van der Waals surface area contributed by atoms with E-state index in [2.05, 4.69) is 24.8 Å². The highest BCUT2D eigenvalue weighted by Crippen LogP contribution is 2.17. The minimum absolute atomic E-state index is 0.251. The number of nitrogens with zero attached hydrogens (tertiary/aromatic N) is 6. The van der Waals surface area contributed by atoms with Gasteiger partial charge in [-0.15, -0.1) is 0 Å². The first-order valence-corrected chi connectivity index (χ1v) is 6.72. The lowest BCUT2D eigenvalue weighted by atomic mass is 10.4. The molecule has 0 aromatic carbocycles. The van der Waals surface area contributed by atoms with Gasteiger partial charge in [-0.25, -0.2) is 9.97 Å². The van der Waals surface area contributed by atoms with E-state index in [1.54, 1.807) is 6.20 Å². The van der Waals surface area contributed by atoms with Crippen molar-refractivity contribution in [3.8, 4) is 0 Å². The van der Waals surface area contributed by atoms with Gasteiger partial charge < -0.3 is 9.47 Å². The van der Waals surface area contributed by atoms with E-state index in [0.717, 1.165) is 18.9 Å². The smallest absolute Gasteiger partial charge is 0.229 e. The summed E-state index contributed by atoms with van der Waals surface area (Å²) in [6.45, 7) is 1.98. The molecule has 3 heterocycles. The summed E-state index contributed by atoms with van der Waals surface area (Å²) in [4.78, 5) is 19.3. The van der Waals surface area contributed by atoms with Crippen molar-refractivity contribution in [1.82, 2.24) is 24.5 Å². The number of halogens is 1. The molecule has 100 valence electrons. The Morgan fingerprint density at radius 3 is 2.68 bits per heavy atom. The van der Waals surface area contributed by atoms with Crippen LogP contribution in [0, 0.1) is 0 Å². The molecule has 2 aromatic rings. The van der Waals surface area contributed by atoms with Crippen molar-refractivity contribution in [2.45, 2.75) is 19.3 Å². The highest BCUT2D eigenvalue weighted by atomic mass is 35.5. The van der Waals surface area contributed by atoms with Crippen LogP contribution in [0.5, 0.6) is 0 Å². The zero-order valence-corrected chi connectivity index (χ0v) is 11.5. The first-order chi connectivity index (χ1) is 9.22. The van der Waals surface area contributed by atoms with Crippen molar-refractivity contribution >= 4 is 17.5 Å². The molecule has 3 rings (SSSR count). The summed E-state index contributed by atoms with van der Waals surface area (Å²) < 4.78 is 1.95. The van der Waals surface area contributed by atoms with E-state index < -0.39 is 0 Å². The summed E-state index contributed by atoms with van der Waals surface area (Å²) >= 11 is 5.99. The standard InChI is InChI=1S/C12H15ClN6/c1-18-7-4-14-10(18)8-9-15-11(13)17-12(16-9)19-5-2-3-6-19/h4,7H,2-3,5-6,8H2,1H3. The molecule has 0 aliphatic carbocycles. The molecule has 0 saturated carbocycles. The van der Waals surface area contributed by atoms with Crippen LogP contribution in [-0.4, -0.2) is 37.6 Å². The largest absolute Gasteiger partial charge is 0.341 e. The number of hydrogen-bond donors (Lipinski definition) is 0. The fourth-order valence-electron chi connectivity index (χ4n) is 2.23. The van der Waals surface area contributed by atoms with E-state index in [4.69, 9.17) is 11.6 Å². The second-order valence-corrected chi connectivity index (χ2v) is 4.98. The predicted molar refractivity (Wildman–Crippen MR) is 72.3 cm³/mol. The molecule has 0 spiro atoms. The Morgan fingerprint density at radius 2 is 2.00 bits per heavy atom. The molecule has 0 radical (unpaired) electrons. The maximum atomic E-state index is 5.99. The third kappa shape index (κ3) is 2.68. The molecule has 0 N–H and O–H groups in total. The lowest BCUT2D eigenvalue weighted by molar-refractivity contribution is 0.777. The SMILES string of the molecule is Cn1ccnc1Cc1nc(Cl)nc(N2CCCC2)n1. The molecule has 0 atom stereocenters. The van der Waals surface area contributed by atoms with Crippen molar-refractivity contribution in [2.75, 3.05) is 18.0 Å². The topological polar surface area (TPSA) is 59.7 Å². The van der Waals surface area contributed by atoms with Crippen molar-refractivity contribution < 1.29 is 0 Å². The van der Waals surface area contributed by atoms with E-state index in [9.17, 15) is 0 Å². The van der Waals surface area contributed by atoms with Crippen LogP contribution >= 0.6 is 11.6 Å². The molecule has 19 heavy (non-hydrogen) atoms. The van der Waals surface area contributed by atoms with Crippen molar-refractivity contribution in [2.24, 2.45) is 7.05 Å². The molecule has 2 aromatic heterocycles. The lowest BCUT2D eigenvalue weighted by Crippen LogP contribution is -2.21. The fraction of sp³-hybridized carbons (Fsp3) is 0.500. The number of aromatic nitrogens is 5. The molecule has 1 aliphatic heterocycles. The third-order valence-corrected chi connectivity index (χ3v) is 3.44. The van der Waals surface area contributed by atoms with Crippen LogP contribution in [0.25, 0.3) is 0 Å². The Labute approximate surface area is 116 Å². The first-order valence-electron chi connectivity index (χ1n) is 6.34. The van der Waals surface area contributed by atoms with Gasteiger partial charge in [0, 0.05) is 32.5 Å². The summed E-state index contributed by atoms with van der Waals surface area (Å²) in [5.74, 6) is 2.26. The molecule has 1 saturated heterocycles. The van der Waals surface area contributed by atoms with Gasteiger partial charge in [-0.2, -0.15) is 9.97 Å². The minimum atomic E-state index is 0.251. The van der Waals surface area contributed by atoms with E-state index in [1.807, 2.05) is 17.8 Å². The number of aryl methyl sites for hydroxylation is 1. The molecule has 1 fully saturated rings. The second-order valence-electron chi connectivity index (χ2n) is 4.65. The van der Waals surface area contributed by atoms with Gasteiger partial charge >= 0.3 is 0 Å². The maximum Gasteiger partial charge on any atom is 0.229 e. The third-order valence-electron chi connectivity index (χ3n) is 3.27. The van der Waals surface area contributed by atoms with Crippen LogP contribution in [0.2, 0.25) is 5.28 Å². The zero-order chi connectivity index (χ0) is 13.2. The predicted octanol–water partition coefficient (Wildman–Crippen LogP) is 1.45.